The number of carboxylic acid groups (broad SMARTS) is 1. The van der Waals surface area contributed by atoms with Crippen LogP contribution < -0.4 is 10.6 Å². The van der Waals surface area contributed by atoms with Gasteiger partial charge in [-0.15, -0.1) is 0 Å². The Bertz CT molecular complexity index is 1300. The van der Waals surface area contributed by atoms with Gasteiger partial charge in [0.2, 0.25) is 5.82 Å². The zero-order chi connectivity index (χ0) is 25.5. The molecule has 0 bridgehead atoms. The van der Waals surface area contributed by atoms with Gasteiger partial charge >= 0.3 is 5.97 Å². The summed E-state index contributed by atoms with van der Waals surface area (Å²) in [6.07, 6.45) is 0.891. The van der Waals surface area contributed by atoms with Crippen LogP contribution in [0.5, 0.6) is 0 Å². The summed E-state index contributed by atoms with van der Waals surface area (Å²) < 4.78 is 5.41. The van der Waals surface area contributed by atoms with Crippen LogP contribution in [-0.2, 0) is 11.2 Å². The summed E-state index contributed by atoms with van der Waals surface area (Å²) in [6, 6.07) is 23.9. The fourth-order valence-corrected chi connectivity index (χ4v) is 3.68. The first kappa shape index (κ1) is 24.7. The molecule has 8 heteroatoms. The first-order chi connectivity index (χ1) is 17.4. The van der Waals surface area contributed by atoms with E-state index in [9.17, 15) is 9.59 Å². The van der Waals surface area contributed by atoms with E-state index in [0.29, 0.717) is 23.2 Å². The molecule has 0 fully saturated rings. The van der Waals surface area contributed by atoms with Gasteiger partial charge in [0.05, 0.1) is 0 Å². The molecular weight excluding hydrogens is 456 g/mol. The molecule has 0 aliphatic rings. The van der Waals surface area contributed by atoms with Crippen LogP contribution in [0.1, 0.15) is 29.8 Å². The minimum Gasteiger partial charge on any atom is -0.480 e. The molecule has 3 aromatic carbocycles. The van der Waals surface area contributed by atoms with E-state index in [-0.39, 0.29) is 0 Å². The number of aliphatic carboxylic acids is 1. The number of aromatic nitrogens is 2. The quantitative estimate of drug-likeness (QED) is 0.293. The number of carbonyl (C=O) groups excluding carboxylic acids is 1. The van der Waals surface area contributed by atoms with Crippen LogP contribution in [0.15, 0.2) is 83.4 Å². The van der Waals surface area contributed by atoms with E-state index < -0.39 is 17.9 Å². The fraction of sp³-hybridized carbons (Fsp3) is 0.214. The van der Waals surface area contributed by atoms with Crippen LogP contribution >= 0.6 is 0 Å². The molecule has 0 aliphatic heterocycles. The van der Waals surface area contributed by atoms with Crippen LogP contribution in [0, 0.1) is 5.92 Å². The van der Waals surface area contributed by atoms with Gasteiger partial charge in [0, 0.05) is 28.9 Å². The maximum absolute atomic E-state index is 12.1. The summed E-state index contributed by atoms with van der Waals surface area (Å²) in [5.41, 5.74) is 4.31. The second kappa shape index (κ2) is 11.3. The third-order valence-electron chi connectivity index (χ3n) is 5.76. The van der Waals surface area contributed by atoms with Gasteiger partial charge in [-0.05, 0) is 61.2 Å². The topological polar surface area (TPSA) is 117 Å². The fourth-order valence-electron chi connectivity index (χ4n) is 3.68. The van der Waals surface area contributed by atoms with Crippen LogP contribution in [-0.4, -0.2) is 39.7 Å². The molecule has 1 heterocycles. The van der Waals surface area contributed by atoms with Gasteiger partial charge in [0.15, 0.2) is 0 Å². The number of hydrogen-bond donors (Lipinski definition) is 3. The molecule has 0 saturated carbocycles. The highest BCUT2D eigenvalue weighted by Gasteiger charge is 2.15. The number of nitrogens with zero attached hydrogens (tertiary/aromatic N) is 2. The third-order valence-corrected chi connectivity index (χ3v) is 5.76. The molecule has 4 aromatic rings. The van der Waals surface area contributed by atoms with Crippen molar-refractivity contribution in [3.05, 3.63) is 90.0 Å². The summed E-state index contributed by atoms with van der Waals surface area (Å²) in [7, 11) is 0. The molecule has 1 amide bonds. The van der Waals surface area contributed by atoms with Crippen molar-refractivity contribution in [1.29, 1.82) is 0 Å². The minimum atomic E-state index is -1.07. The van der Waals surface area contributed by atoms with Crippen molar-refractivity contribution in [1.82, 2.24) is 15.5 Å². The molecule has 8 nitrogen and oxygen atoms in total. The van der Waals surface area contributed by atoms with Crippen molar-refractivity contribution in [3.8, 4) is 22.8 Å². The lowest BCUT2D eigenvalue weighted by Gasteiger charge is -2.14. The molecule has 3 N–H and O–H groups in total. The highest BCUT2D eigenvalue weighted by atomic mass is 16.5. The van der Waals surface area contributed by atoms with Gasteiger partial charge in [0.25, 0.3) is 11.8 Å². The Morgan fingerprint density at radius 2 is 1.61 bits per heavy atom. The number of anilines is 1. The molecular formula is C28H28N4O4. The zero-order valence-corrected chi connectivity index (χ0v) is 20.1. The van der Waals surface area contributed by atoms with Gasteiger partial charge in [-0.2, -0.15) is 4.98 Å². The van der Waals surface area contributed by atoms with E-state index in [4.69, 9.17) is 9.63 Å². The van der Waals surface area contributed by atoms with Crippen molar-refractivity contribution in [2.24, 2.45) is 5.92 Å². The second-order valence-electron chi connectivity index (χ2n) is 8.79. The van der Waals surface area contributed by atoms with E-state index in [1.807, 2.05) is 54.6 Å². The number of hydrogen-bond acceptors (Lipinski definition) is 6. The predicted molar refractivity (Wildman–Crippen MR) is 138 cm³/mol. The number of carbonyl (C=O) groups is 2. The molecule has 0 saturated heterocycles. The van der Waals surface area contributed by atoms with Crippen molar-refractivity contribution in [2.75, 3.05) is 11.9 Å². The van der Waals surface area contributed by atoms with Crippen molar-refractivity contribution < 1.29 is 19.2 Å². The molecule has 0 spiro atoms. The number of amides is 1. The first-order valence-electron chi connectivity index (χ1n) is 11.7. The second-order valence-corrected chi connectivity index (χ2v) is 8.79. The zero-order valence-electron chi connectivity index (χ0n) is 20.1. The van der Waals surface area contributed by atoms with Crippen molar-refractivity contribution >= 4 is 17.6 Å². The molecule has 1 unspecified atom stereocenters. The molecule has 184 valence electrons. The number of nitrogens with one attached hydrogen (secondary N) is 2. The van der Waals surface area contributed by atoms with Gasteiger partial charge in [-0.25, -0.2) is 0 Å². The molecule has 36 heavy (non-hydrogen) atoms. The Hall–Kier alpha value is -4.46. The lowest BCUT2D eigenvalue weighted by Crippen LogP contribution is -2.38. The predicted octanol–water partition coefficient (Wildman–Crippen LogP) is 4.90. The average molecular weight is 485 g/mol. The largest absolute Gasteiger partial charge is 0.480 e. The minimum absolute atomic E-state index is 0.366. The lowest BCUT2D eigenvalue weighted by molar-refractivity contribution is -0.138. The molecule has 1 aromatic heterocycles. The molecule has 0 radical (unpaired) electrons. The summed E-state index contributed by atoms with van der Waals surface area (Å²) in [5.74, 6) is -0.0599. The molecule has 0 aliphatic carbocycles. The SMILES string of the molecule is CC(CNc1ccc(C(=O)N[C@@H](C)C(=O)O)cc1)Cc1ccc(-c2noc(-c3ccccc3)n2)cc1. The highest BCUT2D eigenvalue weighted by molar-refractivity contribution is 5.96. The maximum Gasteiger partial charge on any atom is 0.325 e. The van der Waals surface area contributed by atoms with Crippen LogP contribution in [0.4, 0.5) is 5.69 Å². The van der Waals surface area contributed by atoms with Crippen LogP contribution in [0.25, 0.3) is 22.8 Å². The highest BCUT2D eigenvalue weighted by Crippen LogP contribution is 2.23. The van der Waals surface area contributed by atoms with E-state index in [2.05, 4.69) is 39.8 Å². The standard InChI is InChI=1S/C28H28N4O4/c1-18(17-29-24-14-12-22(13-15-24)26(33)30-19(2)28(34)35)16-20-8-10-21(11-9-20)25-31-27(36-32-25)23-6-4-3-5-7-23/h3-15,18-19,29H,16-17H2,1-2H3,(H,30,33)(H,34,35)/t18?,19-/m0/s1. The maximum atomic E-state index is 12.1. The van der Waals surface area contributed by atoms with E-state index in [1.54, 1.807) is 12.1 Å². The monoisotopic (exact) mass is 484 g/mol. The van der Waals surface area contributed by atoms with Gasteiger partial charge < -0.3 is 20.3 Å². The number of benzene rings is 3. The Balaban J connectivity index is 1.27. The Labute approximate surface area is 209 Å². The number of rotatable bonds is 10. The Morgan fingerprint density at radius 3 is 2.28 bits per heavy atom. The van der Waals surface area contributed by atoms with Gasteiger partial charge in [0.1, 0.15) is 6.04 Å². The van der Waals surface area contributed by atoms with Crippen LogP contribution in [0.3, 0.4) is 0 Å². The number of carboxylic acids is 1. The Kier molecular flexibility index (Phi) is 7.75. The van der Waals surface area contributed by atoms with Gasteiger partial charge in [-0.1, -0.05) is 54.5 Å². The van der Waals surface area contributed by atoms with Crippen LogP contribution in [0.2, 0.25) is 0 Å². The average Bonchev–Trinajstić information content (AvgIpc) is 3.39. The van der Waals surface area contributed by atoms with E-state index in [1.165, 1.54) is 12.5 Å². The summed E-state index contributed by atoms with van der Waals surface area (Å²) in [4.78, 5) is 27.5. The lowest BCUT2D eigenvalue weighted by atomic mass is 10.00. The summed E-state index contributed by atoms with van der Waals surface area (Å²) >= 11 is 0. The third kappa shape index (κ3) is 6.35. The molecule has 4 rings (SSSR count). The van der Waals surface area contributed by atoms with Crippen molar-refractivity contribution in [2.45, 2.75) is 26.3 Å². The first-order valence-corrected chi connectivity index (χ1v) is 11.7. The Morgan fingerprint density at radius 1 is 0.917 bits per heavy atom. The van der Waals surface area contributed by atoms with Crippen molar-refractivity contribution in [3.63, 3.8) is 0 Å². The van der Waals surface area contributed by atoms with Gasteiger partial charge in [-0.3, -0.25) is 9.59 Å². The smallest absolute Gasteiger partial charge is 0.325 e. The van der Waals surface area contributed by atoms with E-state index in [0.717, 1.165) is 29.8 Å². The van der Waals surface area contributed by atoms with E-state index >= 15 is 0 Å². The summed E-state index contributed by atoms with van der Waals surface area (Å²) in [5, 5.41) is 18.9. The normalized spacial score (nSPS) is 12.5. The molecule has 2 atom stereocenters. The summed E-state index contributed by atoms with van der Waals surface area (Å²) in [6.45, 7) is 4.36.